The van der Waals surface area contributed by atoms with Crippen LogP contribution in [-0.2, 0) is 4.79 Å². The van der Waals surface area contributed by atoms with Crippen LogP contribution >= 0.6 is 27.5 Å². The Morgan fingerprint density at radius 2 is 1.70 bits per heavy atom. The summed E-state index contributed by atoms with van der Waals surface area (Å²) in [7, 11) is 0. The molecule has 0 radical (unpaired) electrons. The third-order valence-corrected chi connectivity index (χ3v) is 4.73. The van der Waals surface area contributed by atoms with Gasteiger partial charge in [-0.05, 0) is 42.7 Å². The van der Waals surface area contributed by atoms with E-state index >= 15 is 0 Å². The molecule has 0 fully saturated rings. The molecule has 1 unspecified atom stereocenters. The topological polar surface area (TPSA) is 29.1 Å². The molecule has 104 valence electrons. The van der Waals surface area contributed by atoms with E-state index in [1.165, 1.54) is 0 Å². The lowest BCUT2D eigenvalue weighted by Gasteiger charge is -2.13. The summed E-state index contributed by atoms with van der Waals surface area (Å²) in [4.78, 5) is 12.2. The molecule has 2 rings (SSSR count). The number of rotatable bonds is 3. The SMILES string of the molecule is Cc1cc(NC(=O)C(Cl)c2ccccc2)cc(C)c1Br. The van der Waals surface area contributed by atoms with Crippen LogP contribution in [0.1, 0.15) is 22.1 Å². The minimum atomic E-state index is -0.694. The fourth-order valence-corrected chi connectivity index (χ4v) is 2.43. The monoisotopic (exact) mass is 351 g/mol. The van der Waals surface area contributed by atoms with Gasteiger partial charge in [-0.15, -0.1) is 11.6 Å². The van der Waals surface area contributed by atoms with Gasteiger partial charge in [-0.25, -0.2) is 0 Å². The first-order chi connectivity index (χ1) is 9.49. The lowest BCUT2D eigenvalue weighted by molar-refractivity contribution is -0.116. The first kappa shape index (κ1) is 15.1. The molecule has 1 amide bonds. The van der Waals surface area contributed by atoms with Crippen LogP contribution in [0.3, 0.4) is 0 Å². The summed E-state index contributed by atoms with van der Waals surface area (Å²) in [6.07, 6.45) is 0. The van der Waals surface area contributed by atoms with Gasteiger partial charge in [-0.3, -0.25) is 4.79 Å². The van der Waals surface area contributed by atoms with Crippen molar-refractivity contribution in [2.75, 3.05) is 5.32 Å². The second kappa shape index (κ2) is 6.42. The zero-order chi connectivity index (χ0) is 14.7. The van der Waals surface area contributed by atoms with Crippen molar-refractivity contribution in [3.8, 4) is 0 Å². The molecule has 0 aromatic heterocycles. The van der Waals surface area contributed by atoms with Gasteiger partial charge in [0, 0.05) is 10.2 Å². The quantitative estimate of drug-likeness (QED) is 0.775. The fourth-order valence-electron chi connectivity index (χ4n) is 2.00. The van der Waals surface area contributed by atoms with Gasteiger partial charge in [0.15, 0.2) is 0 Å². The molecule has 20 heavy (non-hydrogen) atoms. The number of amides is 1. The molecule has 1 atom stereocenters. The number of anilines is 1. The summed E-state index contributed by atoms with van der Waals surface area (Å²) in [5, 5.41) is 2.16. The Labute approximate surface area is 132 Å². The van der Waals surface area contributed by atoms with E-state index in [0.717, 1.165) is 26.9 Å². The van der Waals surface area contributed by atoms with Crippen molar-refractivity contribution in [1.29, 1.82) is 0 Å². The molecule has 2 nitrogen and oxygen atoms in total. The van der Waals surface area contributed by atoms with E-state index in [0.29, 0.717) is 0 Å². The lowest BCUT2D eigenvalue weighted by atomic mass is 10.1. The maximum Gasteiger partial charge on any atom is 0.246 e. The summed E-state index contributed by atoms with van der Waals surface area (Å²) in [5.41, 5.74) is 3.70. The largest absolute Gasteiger partial charge is 0.324 e. The number of aryl methyl sites for hydroxylation is 2. The van der Waals surface area contributed by atoms with Gasteiger partial charge in [0.2, 0.25) is 5.91 Å². The number of nitrogens with one attached hydrogen (secondary N) is 1. The molecular formula is C16H15BrClNO. The maximum atomic E-state index is 12.2. The zero-order valence-electron chi connectivity index (χ0n) is 11.3. The van der Waals surface area contributed by atoms with Crippen LogP contribution in [0.5, 0.6) is 0 Å². The van der Waals surface area contributed by atoms with E-state index in [1.54, 1.807) is 0 Å². The smallest absolute Gasteiger partial charge is 0.246 e. The predicted octanol–water partition coefficient (Wildman–Crippen LogP) is 4.98. The molecule has 0 aliphatic rings. The Morgan fingerprint density at radius 3 is 2.25 bits per heavy atom. The van der Waals surface area contributed by atoms with Crippen LogP contribution < -0.4 is 5.32 Å². The standard InChI is InChI=1S/C16H15BrClNO/c1-10-8-13(9-11(2)14(10)17)19-16(20)15(18)12-6-4-3-5-7-12/h3-9,15H,1-2H3,(H,19,20). The average Bonchev–Trinajstić information content (AvgIpc) is 2.44. The molecule has 0 saturated heterocycles. The normalized spacial score (nSPS) is 12.0. The highest BCUT2D eigenvalue weighted by atomic mass is 79.9. The summed E-state index contributed by atoms with van der Waals surface area (Å²) in [5.74, 6) is -0.223. The molecule has 2 aromatic rings. The Hall–Kier alpha value is -1.32. The van der Waals surface area contributed by atoms with Crippen LogP contribution in [0.4, 0.5) is 5.69 Å². The van der Waals surface area contributed by atoms with Gasteiger partial charge >= 0.3 is 0 Å². The predicted molar refractivity (Wildman–Crippen MR) is 87.3 cm³/mol. The Bertz CT molecular complexity index is 605. The molecule has 0 aliphatic carbocycles. The van der Waals surface area contributed by atoms with Gasteiger partial charge in [-0.2, -0.15) is 0 Å². The summed E-state index contributed by atoms with van der Waals surface area (Å²) in [6, 6.07) is 13.2. The second-order valence-electron chi connectivity index (χ2n) is 4.69. The summed E-state index contributed by atoms with van der Waals surface area (Å²) >= 11 is 9.70. The molecular weight excluding hydrogens is 338 g/mol. The van der Waals surface area contributed by atoms with Crippen LogP contribution in [0.15, 0.2) is 46.9 Å². The number of alkyl halides is 1. The highest BCUT2D eigenvalue weighted by molar-refractivity contribution is 9.10. The van der Waals surface area contributed by atoms with E-state index in [-0.39, 0.29) is 5.91 Å². The van der Waals surface area contributed by atoms with Crippen molar-refractivity contribution in [2.45, 2.75) is 19.2 Å². The minimum Gasteiger partial charge on any atom is -0.324 e. The van der Waals surface area contributed by atoms with Gasteiger partial charge in [-0.1, -0.05) is 46.3 Å². The average molecular weight is 353 g/mol. The molecule has 2 aromatic carbocycles. The number of benzene rings is 2. The van der Waals surface area contributed by atoms with E-state index in [9.17, 15) is 4.79 Å². The molecule has 0 saturated carbocycles. The molecule has 0 bridgehead atoms. The van der Waals surface area contributed by atoms with Crippen molar-refractivity contribution in [3.05, 3.63) is 63.6 Å². The van der Waals surface area contributed by atoms with Gasteiger partial charge in [0.1, 0.15) is 5.38 Å². The molecule has 0 spiro atoms. The highest BCUT2D eigenvalue weighted by Gasteiger charge is 2.17. The highest BCUT2D eigenvalue weighted by Crippen LogP contribution is 2.27. The summed E-state index contributed by atoms with van der Waals surface area (Å²) < 4.78 is 1.06. The van der Waals surface area contributed by atoms with Crippen LogP contribution in [0.25, 0.3) is 0 Å². The first-order valence-corrected chi connectivity index (χ1v) is 7.48. The lowest BCUT2D eigenvalue weighted by Crippen LogP contribution is -2.17. The Balaban J connectivity index is 2.16. The van der Waals surface area contributed by atoms with E-state index in [2.05, 4.69) is 21.2 Å². The molecule has 1 N–H and O–H groups in total. The van der Waals surface area contributed by atoms with Gasteiger partial charge < -0.3 is 5.32 Å². The van der Waals surface area contributed by atoms with Crippen LogP contribution in [0.2, 0.25) is 0 Å². The van der Waals surface area contributed by atoms with Crippen LogP contribution in [0, 0.1) is 13.8 Å². The van der Waals surface area contributed by atoms with Crippen molar-refractivity contribution in [3.63, 3.8) is 0 Å². The number of carbonyl (C=O) groups excluding carboxylic acids is 1. The van der Waals surface area contributed by atoms with Crippen molar-refractivity contribution >= 4 is 39.1 Å². The zero-order valence-corrected chi connectivity index (χ0v) is 13.6. The number of hydrogen-bond acceptors (Lipinski definition) is 1. The van der Waals surface area contributed by atoms with E-state index in [1.807, 2.05) is 56.3 Å². The first-order valence-electron chi connectivity index (χ1n) is 6.25. The third-order valence-electron chi connectivity index (χ3n) is 3.03. The van der Waals surface area contributed by atoms with Crippen molar-refractivity contribution in [1.82, 2.24) is 0 Å². The number of hydrogen-bond donors (Lipinski definition) is 1. The summed E-state index contributed by atoms with van der Waals surface area (Å²) in [6.45, 7) is 3.98. The minimum absolute atomic E-state index is 0.223. The third kappa shape index (κ3) is 3.41. The maximum absolute atomic E-state index is 12.2. The number of halogens is 2. The number of carbonyl (C=O) groups is 1. The van der Waals surface area contributed by atoms with E-state index in [4.69, 9.17) is 11.6 Å². The van der Waals surface area contributed by atoms with E-state index < -0.39 is 5.38 Å². The Morgan fingerprint density at radius 1 is 1.15 bits per heavy atom. The fraction of sp³-hybridized carbons (Fsp3) is 0.188. The van der Waals surface area contributed by atoms with Crippen molar-refractivity contribution in [2.24, 2.45) is 0 Å². The van der Waals surface area contributed by atoms with Crippen LogP contribution in [-0.4, -0.2) is 5.91 Å². The van der Waals surface area contributed by atoms with Gasteiger partial charge in [0.25, 0.3) is 0 Å². The second-order valence-corrected chi connectivity index (χ2v) is 5.92. The van der Waals surface area contributed by atoms with Gasteiger partial charge in [0.05, 0.1) is 0 Å². The Kier molecular flexibility index (Phi) is 4.84. The molecule has 0 heterocycles. The molecule has 0 aliphatic heterocycles. The van der Waals surface area contributed by atoms with Crippen molar-refractivity contribution < 1.29 is 4.79 Å². The molecule has 4 heteroatoms.